The zero-order valence-corrected chi connectivity index (χ0v) is 21.3. The first kappa shape index (κ1) is 28.1. The predicted molar refractivity (Wildman–Crippen MR) is 129 cm³/mol. The summed E-state index contributed by atoms with van der Waals surface area (Å²) in [5.74, 6) is -2.67. The fraction of sp³-hybridized carbons (Fsp3) is 0.522. The number of aliphatic carboxylic acids is 1. The molecule has 35 heavy (non-hydrogen) atoms. The molecule has 4 amide bonds. The molecule has 2 unspecified atom stereocenters. The van der Waals surface area contributed by atoms with Gasteiger partial charge in [0.1, 0.15) is 31.8 Å². The van der Waals surface area contributed by atoms with Gasteiger partial charge in [0.2, 0.25) is 17.7 Å². The average molecular weight is 555 g/mol. The van der Waals surface area contributed by atoms with E-state index in [0.717, 1.165) is 10.0 Å². The molecule has 1 fully saturated rings. The first-order valence-electron chi connectivity index (χ1n) is 11.3. The number of hydrogen-bond donors (Lipinski definition) is 4. The van der Waals surface area contributed by atoms with E-state index in [1.165, 1.54) is 4.90 Å². The lowest BCUT2D eigenvalue weighted by Gasteiger charge is -2.27. The molecule has 1 saturated heterocycles. The van der Waals surface area contributed by atoms with Crippen LogP contribution in [0.3, 0.4) is 0 Å². The lowest BCUT2D eigenvalue weighted by atomic mass is 10.0. The number of amides is 4. The van der Waals surface area contributed by atoms with Gasteiger partial charge >= 0.3 is 12.1 Å². The molecule has 1 aromatic carbocycles. The minimum atomic E-state index is -1.19. The van der Waals surface area contributed by atoms with Gasteiger partial charge in [-0.3, -0.25) is 19.2 Å². The van der Waals surface area contributed by atoms with Gasteiger partial charge in [0.15, 0.2) is 0 Å². The number of likely N-dealkylation sites (tertiary alicyclic amines) is 1. The number of hydrogen-bond acceptors (Lipinski definition) is 6. The zero-order chi connectivity index (χ0) is 26.0. The number of carbonyl (C=O) groups is 5. The largest absolute Gasteiger partial charge is 0.480 e. The maximum atomic E-state index is 12.9. The Kier molecular flexibility index (Phi) is 11.0. The number of carboxylic acids is 1. The molecule has 0 saturated carbocycles. The molecule has 0 aromatic heterocycles. The highest BCUT2D eigenvalue weighted by molar-refractivity contribution is 9.10. The Morgan fingerprint density at radius 3 is 2.43 bits per heavy atom. The second-order valence-electron chi connectivity index (χ2n) is 8.60. The number of nitrogens with zero attached hydrogens (tertiary/aromatic N) is 1. The lowest BCUT2D eigenvalue weighted by molar-refractivity contribution is -0.140. The number of carbonyl (C=O) groups excluding carboxylic acids is 4. The molecular formula is C23H31BrN4O7. The minimum absolute atomic E-state index is 0.0449. The SMILES string of the molecule is CC(C)CC(NC(=O)C1CCCN1C(=O)CNC(=O)OCc1ccc(Br)cc1)C(=O)NCC(=O)O. The van der Waals surface area contributed by atoms with Gasteiger partial charge in [0, 0.05) is 11.0 Å². The first-order valence-corrected chi connectivity index (χ1v) is 12.1. The molecule has 0 aliphatic carbocycles. The summed E-state index contributed by atoms with van der Waals surface area (Å²) in [5.41, 5.74) is 0.786. The van der Waals surface area contributed by atoms with Crippen LogP contribution in [0.15, 0.2) is 28.7 Å². The third kappa shape index (κ3) is 9.55. The van der Waals surface area contributed by atoms with Crippen LogP contribution in [0.5, 0.6) is 0 Å². The van der Waals surface area contributed by atoms with E-state index in [1.54, 1.807) is 12.1 Å². The van der Waals surface area contributed by atoms with Gasteiger partial charge in [0.25, 0.3) is 0 Å². The van der Waals surface area contributed by atoms with Crippen molar-refractivity contribution < 1.29 is 33.8 Å². The normalized spacial score (nSPS) is 15.9. The van der Waals surface area contributed by atoms with E-state index < -0.39 is 48.4 Å². The van der Waals surface area contributed by atoms with Crippen LogP contribution in [0.4, 0.5) is 4.79 Å². The molecule has 1 aromatic rings. The number of carboxylic acid groups (broad SMARTS) is 1. The quantitative estimate of drug-likeness (QED) is 0.322. The van der Waals surface area contributed by atoms with Gasteiger partial charge in [-0.2, -0.15) is 0 Å². The number of ether oxygens (including phenoxy) is 1. The summed E-state index contributed by atoms with van der Waals surface area (Å²) < 4.78 is 6.01. The molecule has 1 heterocycles. The highest BCUT2D eigenvalue weighted by Gasteiger charge is 2.36. The van der Waals surface area contributed by atoms with E-state index in [9.17, 15) is 24.0 Å². The van der Waals surface area contributed by atoms with Gasteiger partial charge in [-0.05, 0) is 42.9 Å². The highest BCUT2D eigenvalue weighted by Crippen LogP contribution is 2.18. The number of benzene rings is 1. The Morgan fingerprint density at radius 1 is 1.11 bits per heavy atom. The van der Waals surface area contributed by atoms with Crippen molar-refractivity contribution in [1.29, 1.82) is 0 Å². The standard InChI is InChI=1S/C23H31BrN4O7/c1-14(2)10-17(21(32)25-12-20(30)31)27-22(33)18-4-3-9-28(18)19(29)11-26-23(34)35-13-15-5-7-16(24)8-6-15/h5-8,14,17-18H,3-4,9-13H2,1-2H3,(H,25,32)(H,26,34)(H,27,33)(H,30,31). The summed E-state index contributed by atoms with van der Waals surface area (Å²) in [6, 6.07) is 5.52. The molecule has 0 bridgehead atoms. The van der Waals surface area contributed by atoms with Crippen molar-refractivity contribution in [2.24, 2.45) is 5.92 Å². The molecule has 2 atom stereocenters. The van der Waals surface area contributed by atoms with E-state index in [0.29, 0.717) is 25.8 Å². The minimum Gasteiger partial charge on any atom is -0.480 e. The second-order valence-corrected chi connectivity index (χ2v) is 9.52. The van der Waals surface area contributed by atoms with Crippen molar-refractivity contribution in [2.75, 3.05) is 19.6 Å². The number of alkyl carbamates (subject to hydrolysis) is 1. The van der Waals surface area contributed by atoms with Gasteiger partial charge in [-0.25, -0.2) is 4.79 Å². The highest BCUT2D eigenvalue weighted by atomic mass is 79.9. The van der Waals surface area contributed by atoms with Crippen LogP contribution in [-0.4, -0.2) is 71.5 Å². The van der Waals surface area contributed by atoms with E-state index >= 15 is 0 Å². The van der Waals surface area contributed by atoms with Crippen LogP contribution in [0, 0.1) is 5.92 Å². The van der Waals surface area contributed by atoms with Crippen molar-refractivity contribution >= 4 is 45.7 Å². The van der Waals surface area contributed by atoms with E-state index in [-0.39, 0.29) is 19.1 Å². The van der Waals surface area contributed by atoms with Crippen molar-refractivity contribution in [2.45, 2.75) is 51.8 Å². The Balaban J connectivity index is 1.87. The molecule has 1 aliphatic heterocycles. The van der Waals surface area contributed by atoms with E-state index in [1.807, 2.05) is 26.0 Å². The van der Waals surface area contributed by atoms with Crippen LogP contribution in [0.25, 0.3) is 0 Å². The molecule has 0 spiro atoms. The molecule has 12 heteroatoms. The molecule has 1 aliphatic rings. The number of nitrogens with one attached hydrogen (secondary N) is 3. The van der Waals surface area contributed by atoms with Crippen molar-refractivity contribution in [3.63, 3.8) is 0 Å². The fourth-order valence-corrected chi connectivity index (χ4v) is 3.89. The first-order chi connectivity index (χ1) is 16.6. The van der Waals surface area contributed by atoms with Crippen LogP contribution in [0.2, 0.25) is 0 Å². The third-order valence-corrected chi connectivity index (χ3v) is 5.83. The Labute approximate surface area is 212 Å². The fourth-order valence-electron chi connectivity index (χ4n) is 3.62. The van der Waals surface area contributed by atoms with Gasteiger partial charge in [-0.1, -0.05) is 41.9 Å². The smallest absolute Gasteiger partial charge is 0.407 e. The molecule has 11 nitrogen and oxygen atoms in total. The summed E-state index contributed by atoms with van der Waals surface area (Å²) in [7, 11) is 0. The Morgan fingerprint density at radius 2 is 1.80 bits per heavy atom. The number of rotatable bonds is 11. The van der Waals surface area contributed by atoms with Gasteiger partial charge < -0.3 is 30.7 Å². The van der Waals surface area contributed by atoms with Crippen LogP contribution in [0.1, 0.15) is 38.7 Å². The number of halogens is 1. The summed E-state index contributed by atoms with van der Waals surface area (Å²) >= 11 is 3.32. The van der Waals surface area contributed by atoms with E-state index in [4.69, 9.17) is 9.84 Å². The van der Waals surface area contributed by atoms with E-state index in [2.05, 4.69) is 31.9 Å². The Hall–Kier alpha value is -3.15. The summed E-state index contributed by atoms with van der Waals surface area (Å²) in [5, 5.41) is 16.1. The maximum absolute atomic E-state index is 12.9. The van der Waals surface area contributed by atoms with Gasteiger partial charge in [-0.15, -0.1) is 0 Å². The Bertz CT molecular complexity index is 923. The van der Waals surface area contributed by atoms with Crippen LogP contribution >= 0.6 is 15.9 Å². The summed E-state index contributed by atoms with van der Waals surface area (Å²) in [4.78, 5) is 62.0. The average Bonchev–Trinajstić information content (AvgIpc) is 3.30. The van der Waals surface area contributed by atoms with Crippen molar-refractivity contribution in [1.82, 2.24) is 20.9 Å². The van der Waals surface area contributed by atoms with Crippen LogP contribution in [-0.2, 0) is 30.5 Å². The summed E-state index contributed by atoms with van der Waals surface area (Å²) in [6.07, 6.45) is 0.562. The van der Waals surface area contributed by atoms with Crippen molar-refractivity contribution in [3.05, 3.63) is 34.3 Å². The second kappa shape index (κ2) is 13.7. The molecule has 2 rings (SSSR count). The van der Waals surface area contributed by atoms with Crippen LogP contribution < -0.4 is 16.0 Å². The maximum Gasteiger partial charge on any atom is 0.407 e. The zero-order valence-electron chi connectivity index (χ0n) is 19.7. The third-order valence-electron chi connectivity index (χ3n) is 5.30. The van der Waals surface area contributed by atoms with Gasteiger partial charge in [0.05, 0.1) is 0 Å². The summed E-state index contributed by atoms with van der Waals surface area (Å²) in [6.45, 7) is 3.24. The topological polar surface area (TPSA) is 154 Å². The monoisotopic (exact) mass is 554 g/mol. The van der Waals surface area contributed by atoms with Crippen molar-refractivity contribution in [3.8, 4) is 0 Å². The molecular weight excluding hydrogens is 524 g/mol. The predicted octanol–water partition coefficient (Wildman–Crippen LogP) is 1.40. The molecule has 192 valence electrons. The molecule has 4 N–H and O–H groups in total. The molecule has 0 radical (unpaired) electrons. The lowest BCUT2D eigenvalue weighted by Crippen LogP contribution is -2.54.